The summed E-state index contributed by atoms with van der Waals surface area (Å²) in [7, 11) is -3.47. The molecule has 1 fully saturated rings. The molecular weight excluding hydrogens is 348 g/mol. The van der Waals surface area contributed by atoms with Crippen molar-refractivity contribution in [1.82, 2.24) is 9.62 Å². The van der Waals surface area contributed by atoms with Crippen molar-refractivity contribution in [1.29, 1.82) is 0 Å². The summed E-state index contributed by atoms with van der Waals surface area (Å²) in [6.45, 7) is 8.03. The van der Waals surface area contributed by atoms with Crippen LogP contribution in [0.25, 0.3) is 0 Å². The molecule has 0 spiro atoms. The molecule has 1 aliphatic heterocycles. The lowest BCUT2D eigenvalue weighted by molar-refractivity contribution is 0.0134. The van der Waals surface area contributed by atoms with E-state index in [1.54, 1.807) is 6.07 Å². The maximum atomic E-state index is 12.8. The van der Waals surface area contributed by atoms with Gasteiger partial charge in [-0.25, -0.2) is 13.1 Å². The first-order chi connectivity index (χ1) is 12.5. The van der Waals surface area contributed by atoms with Gasteiger partial charge < -0.3 is 4.74 Å². The van der Waals surface area contributed by atoms with Gasteiger partial charge in [-0.2, -0.15) is 0 Å². The van der Waals surface area contributed by atoms with E-state index in [-0.39, 0.29) is 6.04 Å². The first-order valence-electron chi connectivity index (χ1n) is 9.89. The highest BCUT2D eigenvalue weighted by atomic mass is 32.2. The smallest absolute Gasteiger partial charge is 0.240 e. The molecule has 26 heavy (non-hydrogen) atoms. The topological polar surface area (TPSA) is 58.6 Å². The molecule has 2 aliphatic rings. The number of nitrogens with zero attached hydrogens (tertiary/aromatic N) is 1. The Morgan fingerprint density at radius 3 is 2.50 bits per heavy atom. The largest absolute Gasteiger partial charge is 0.379 e. The lowest BCUT2D eigenvalue weighted by atomic mass is 9.92. The quantitative estimate of drug-likeness (QED) is 0.790. The molecule has 0 radical (unpaired) electrons. The summed E-state index contributed by atoms with van der Waals surface area (Å²) in [5.74, 6) is 0.524. The maximum Gasteiger partial charge on any atom is 0.240 e. The first kappa shape index (κ1) is 19.8. The van der Waals surface area contributed by atoms with E-state index in [2.05, 4.69) is 23.5 Å². The zero-order valence-electron chi connectivity index (χ0n) is 16.0. The third-order valence-corrected chi connectivity index (χ3v) is 6.87. The molecule has 1 unspecified atom stereocenters. The summed E-state index contributed by atoms with van der Waals surface area (Å²) in [6, 6.07) is 5.85. The second-order valence-electron chi connectivity index (χ2n) is 7.92. The molecule has 1 atom stereocenters. The van der Waals surface area contributed by atoms with Crippen LogP contribution in [-0.4, -0.2) is 52.2 Å². The van der Waals surface area contributed by atoms with Gasteiger partial charge in [0, 0.05) is 25.7 Å². The van der Waals surface area contributed by atoms with E-state index < -0.39 is 10.0 Å². The van der Waals surface area contributed by atoms with Crippen LogP contribution in [0.3, 0.4) is 0 Å². The number of nitrogens with one attached hydrogen (secondary N) is 1. The predicted molar refractivity (Wildman–Crippen MR) is 104 cm³/mol. The summed E-state index contributed by atoms with van der Waals surface area (Å²) in [4.78, 5) is 2.77. The molecule has 0 bridgehead atoms. The Morgan fingerprint density at radius 1 is 1.12 bits per heavy atom. The monoisotopic (exact) mass is 380 g/mol. The minimum atomic E-state index is -3.47. The van der Waals surface area contributed by atoms with E-state index in [1.807, 2.05) is 12.1 Å². The highest BCUT2D eigenvalue weighted by molar-refractivity contribution is 7.89. The van der Waals surface area contributed by atoms with Crippen LogP contribution in [0, 0.1) is 5.92 Å². The van der Waals surface area contributed by atoms with Gasteiger partial charge >= 0.3 is 0 Å². The highest BCUT2D eigenvalue weighted by Crippen LogP contribution is 2.24. The van der Waals surface area contributed by atoms with Crippen molar-refractivity contribution in [2.45, 2.75) is 56.9 Å². The standard InChI is InChI=1S/C20H32N2O3S/c1-16(2)13-19(22-9-11-25-12-10-22)15-21-26(23,24)20-8-7-17-5-3-4-6-18(17)14-20/h7-8,14,16,19,21H,3-6,9-13,15H2,1-2H3. The van der Waals surface area contributed by atoms with E-state index >= 15 is 0 Å². The third kappa shape index (κ3) is 5.06. The molecule has 1 aromatic carbocycles. The van der Waals surface area contributed by atoms with Gasteiger partial charge in [0.25, 0.3) is 0 Å². The normalized spacial score (nSPS) is 20.1. The van der Waals surface area contributed by atoms with Crippen LogP contribution >= 0.6 is 0 Å². The Balaban J connectivity index is 1.68. The minimum absolute atomic E-state index is 0.214. The van der Waals surface area contributed by atoms with Crippen molar-refractivity contribution in [2.24, 2.45) is 5.92 Å². The molecule has 3 rings (SSSR count). The van der Waals surface area contributed by atoms with Gasteiger partial charge in [-0.3, -0.25) is 4.90 Å². The van der Waals surface area contributed by atoms with Crippen LogP contribution in [-0.2, 0) is 27.6 Å². The number of hydrogen-bond acceptors (Lipinski definition) is 4. The van der Waals surface area contributed by atoms with Crippen LogP contribution in [0.15, 0.2) is 23.1 Å². The zero-order chi connectivity index (χ0) is 18.6. The number of benzene rings is 1. The van der Waals surface area contributed by atoms with Gasteiger partial charge in [0.2, 0.25) is 10.0 Å². The van der Waals surface area contributed by atoms with Gasteiger partial charge in [-0.1, -0.05) is 19.9 Å². The lowest BCUT2D eigenvalue weighted by Gasteiger charge is -2.35. The predicted octanol–water partition coefficient (Wildman–Crippen LogP) is 2.59. The number of hydrogen-bond donors (Lipinski definition) is 1. The van der Waals surface area contributed by atoms with Crippen molar-refractivity contribution in [3.63, 3.8) is 0 Å². The summed E-state index contributed by atoms with van der Waals surface area (Å²) >= 11 is 0. The van der Waals surface area contributed by atoms with Gasteiger partial charge in [0.15, 0.2) is 0 Å². The van der Waals surface area contributed by atoms with E-state index in [9.17, 15) is 8.42 Å². The fourth-order valence-corrected chi connectivity index (χ4v) is 5.14. The van der Waals surface area contributed by atoms with Gasteiger partial charge in [0.05, 0.1) is 18.1 Å². The molecule has 6 heteroatoms. The number of aryl methyl sites for hydroxylation is 2. The molecule has 1 saturated heterocycles. The Bertz CT molecular complexity index is 697. The molecule has 0 aromatic heterocycles. The fourth-order valence-electron chi connectivity index (χ4n) is 4.01. The minimum Gasteiger partial charge on any atom is -0.379 e. The number of ether oxygens (including phenoxy) is 1. The van der Waals surface area contributed by atoms with E-state index in [0.29, 0.717) is 17.4 Å². The Kier molecular flexibility index (Phi) is 6.72. The molecule has 0 amide bonds. The van der Waals surface area contributed by atoms with Crippen molar-refractivity contribution < 1.29 is 13.2 Å². The van der Waals surface area contributed by atoms with E-state index in [1.165, 1.54) is 17.5 Å². The van der Waals surface area contributed by atoms with Crippen molar-refractivity contribution in [3.05, 3.63) is 29.3 Å². The Labute approximate surface area is 158 Å². The number of fused-ring (bicyclic) bond motifs is 1. The average Bonchev–Trinajstić information content (AvgIpc) is 2.65. The molecule has 146 valence electrons. The Morgan fingerprint density at radius 2 is 1.81 bits per heavy atom. The van der Waals surface area contributed by atoms with E-state index in [0.717, 1.165) is 52.0 Å². The summed E-state index contributed by atoms with van der Waals surface area (Å²) in [6.07, 6.45) is 5.39. The summed E-state index contributed by atoms with van der Waals surface area (Å²) in [5, 5.41) is 0. The number of morpholine rings is 1. The maximum absolute atomic E-state index is 12.8. The van der Waals surface area contributed by atoms with Crippen molar-refractivity contribution in [2.75, 3.05) is 32.8 Å². The average molecular weight is 381 g/mol. The van der Waals surface area contributed by atoms with Crippen molar-refractivity contribution >= 4 is 10.0 Å². The SMILES string of the molecule is CC(C)CC(CNS(=O)(=O)c1ccc2c(c1)CCCC2)N1CCOCC1. The summed E-state index contributed by atoms with van der Waals surface area (Å²) < 4.78 is 34.0. The molecule has 0 saturated carbocycles. The van der Waals surface area contributed by atoms with E-state index in [4.69, 9.17) is 4.74 Å². The first-order valence-corrected chi connectivity index (χ1v) is 11.4. The van der Waals surface area contributed by atoms with Crippen LogP contribution in [0.1, 0.15) is 44.2 Å². The van der Waals surface area contributed by atoms with Crippen LogP contribution in [0.4, 0.5) is 0 Å². The van der Waals surface area contributed by atoms with Crippen LogP contribution in [0.2, 0.25) is 0 Å². The Hall–Kier alpha value is -0.950. The zero-order valence-corrected chi connectivity index (χ0v) is 16.9. The van der Waals surface area contributed by atoms with Crippen molar-refractivity contribution in [3.8, 4) is 0 Å². The van der Waals surface area contributed by atoms with Gasteiger partial charge in [-0.15, -0.1) is 0 Å². The second-order valence-corrected chi connectivity index (χ2v) is 9.69. The van der Waals surface area contributed by atoms with Crippen LogP contribution in [0.5, 0.6) is 0 Å². The molecule has 1 heterocycles. The third-order valence-electron chi connectivity index (χ3n) is 5.44. The number of sulfonamides is 1. The second kappa shape index (κ2) is 8.83. The fraction of sp³-hybridized carbons (Fsp3) is 0.700. The van der Waals surface area contributed by atoms with Gasteiger partial charge in [-0.05, 0) is 61.3 Å². The van der Waals surface area contributed by atoms with Crippen LogP contribution < -0.4 is 4.72 Å². The molecule has 1 aromatic rings. The summed E-state index contributed by atoms with van der Waals surface area (Å²) in [5.41, 5.74) is 2.51. The lowest BCUT2D eigenvalue weighted by Crippen LogP contribution is -2.49. The molecular formula is C20H32N2O3S. The molecule has 5 nitrogen and oxygen atoms in total. The molecule has 1 N–H and O–H groups in total. The highest BCUT2D eigenvalue weighted by Gasteiger charge is 2.25. The number of rotatable bonds is 7. The molecule has 1 aliphatic carbocycles. The van der Waals surface area contributed by atoms with Gasteiger partial charge in [0.1, 0.15) is 0 Å².